The van der Waals surface area contributed by atoms with Crippen molar-refractivity contribution in [2.45, 2.75) is 32.7 Å². The lowest BCUT2D eigenvalue weighted by atomic mass is 10.1. The topological polar surface area (TPSA) is 30.7 Å². The van der Waals surface area contributed by atoms with E-state index in [1.165, 1.54) is 18.2 Å². The van der Waals surface area contributed by atoms with Crippen LogP contribution in [0.3, 0.4) is 0 Å². The molecular formula is C14H17N3. The zero-order valence-electron chi connectivity index (χ0n) is 10.3. The van der Waals surface area contributed by atoms with Crippen LogP contribution in [0.5, 0.6) is 0 Å². The van der Waals surface area contributed by atoms with Gasteiger partial charge in [0.15, 0.2) is 0 Å². The lowest BCUT2D eigenvalue weighted by Crippen LogP contribution is -2.05. The van der Waals surface area contributed by atoms with Gasteiger partial charge in [-0.15, -0.1) is 0 Å². The number of aromatic nitrogens is 3. The Morgan fingerprint density at radius 2 is 2.24 bits per heavy atom. The van der Waals surface area contributed by atoms with Gasteiger partial charge in [0.05, 0.1) is 11.7 Å². The summed E-state index contributed by atoms with van der Waals surface area (Å²) in [5.41, 5.74) is 2.12. The van der Waals surface area contributed by atoms with Crippen LogP contribution in [-0.2, 0) is 0 Å². The molecule has 88 valence electrons. The van der Waals surface area contributed by atoms with Crippen molar-refractivity contribution in [3.8, 4) is 0 Å². The van der Waals surface area contributed by atoms with Crippen LogP contribution in [0.25, 0.3) is 11.0 Å². The van der Waals surface area contributed by atoms with Crippen molar-refractivity contribution >= 4 is 11.0 Å². The van der Waals surface area contributed by atoms with Crippen LogP contribution < -0.4 is 0 Å². The van der Waals surface area contributed by atoms with E-state index in [4.69, 9.17) is 0 Å². The van der Waals surface area contributed by atoms with Gasteiger partial charge < -0.3 is 4.57 Å². The highest BCUT2D eigenvalue weighted by molar-refractivity contribution is 5.78. The van der Waals surface area contributed by atoms with E-state index in [1.807, 2.05) is 6.92 Å². The molecule has 2 aromatic heterocycles. The van der Waals surface area contributed by atoms with E-state index in [0.29, 0.717) is 6.04 Å². The monoisotopic (exact) mass is 227 g/mol. The summed E-state index contributed by atoms with van der Waals surface area (Å²) >= 11 is 0. The number of fused-ring (bicyclic) bond motifs is 1. The van der Waals surface area contributed by atoms with Crippen molar-refractivity contribution in [3.63, 3.8) is 0 Å². The number of hydrogen-bond acceptors (Lipinski definition) is 2. The third-order valence-corrected chi connectivity index (χ3v) is 3.74. The zero-order chi connectivity index (χ0) is 11.8. The highest BCUT2D eigenvalue weighted by atomic mass is 15.1. The molecule has 0 N–H and O–H groups in total. The molecule has 3 nitrogen and oxygen atoms in total. The molecule has 2 heterocycles. The fraction of sp³-hybridized carbons (Fsp3) is 0.429. The normalized spacial score (nSPS) is 23.6. The Hall–Kier alpha value is -1.64. The van der Waals surface area contributed by atoms with Crippen LogP contribution in [0.4, 0.5) is 0 Å². The Kier molecular flexibility index (Phi) is 2.46. The van der Waals surface area contributed by atoms with Gasteiger partial charge in [0.25, 0.3) is 0 Å². The molecule has 0 bridgehead atoms. The average Bonchev–Trinajstić information content (AvgIpc) is 2.94. The van der Waals surface area contributed by atoms with Gasteiger partial charge in [-0.2, -0.15) is 0 Å². The minimum absolute atomic E-state index is 0.465. The highest BCUT2D eigenvalue weighted by Crippen LogP contribution is 2.32. The van der Waals surface area contributed by atoms with Gasteiger partial charge in [-0.05, 0) is 31.7 Å². The van der Waals surface area contributed by atoms with Crippen LogP contribution >= 0.6 is 0 Å². The summed E-state index contributed by atoms with van der Waals surface area (Å²) in [6.07, 6.45) is 10.9. The molecule has 0 spiro atoms. The maximum Gasteiger partial charge on any atom is 0.144 e. The third kappa shape index (κ3) is 1.66. The van der Waals surface area contributed by atoms with E-state index in [0.717, 1.165) is 17.3 Å². The van der Waals surface area contributed by atoms with Crippen LogP contribution in [-0.4, -0.2) is 14.5 Å². The summed E-state index contributed by atoms with van der Waals surface area (Å²) in [5.74, 6) is 0.723. The lowest BCUT2D eigenvalue weighted by Gasteiger charge is -2.13. The second-order valence-electron chi connectivity index (χ2n) is 4.78. The maximum absolute atomic E-state index is 4.42. The molecule has 0 amide bonds. The fourth-order valence-electron chi connectivity index (χ4n) is 2.63. The summed E-state index contributed by atoms with van der Waals surface area (Å²) in [6, 6.07) is 2.59. The van der Waals surface area contributed by atoms with Gasteiger partial charge in [0.2, 0.25) is 0 Å². The first-order chi connectivity index (χ1) is 8.29. The van der Waals surface area contributed by atoms with Crippen molar-refractivity contribution in [2.24, 2.45) is 5.92 Å². The van der Waals surface area contributed by atoms with Crippen molar-refractivity contribution in [1.82, 2.24) is 14.5 Å². The summed E-state index contributed by atoms with van der Waals surface area (Å²) < 4.78 is 2.27. The largest absolute Gasteiger partial charge is 0.325 e. The van der Waals surface area contributed by atoms with E-state index >= 15 is 0 Å². The van der Waals surface area contributed by atoms with Gasteiger partial charge in [-0.1, -0.05) is 19.1 Å². The number of hydrogen-bond donors (Lipinski definition) is 0. The first-order valence-electron chi connectivity index (χ1n) is 6.26. The van der Waals surface area contributed by atoms with Crippen LogP contribution in [0, 0.1) is 12.8 Å². The molecule has 17 heavy (non-hydrogen) atoms. The molecule has 0 radical (unpaired) electrons. The van der Waals surface area contributed by atoms with E-state index in [9.17, 15) is 0 Å². The molecule has 2 aromatic rings. The molecule has 3 heteroatoms. The highest BCUT2D eigenvalue weighted by Gasteiger charge is 2.20. The Morgan fingerprint density at radius 3 is 3.00 bits per heavy atom. The quantitative estimate of drug-likeness (QED) is 0.737. The van der Waals surface area contributed by atoms with Gasteiger partial charge in [0.1, 0.15) is 12.0 Å². The number of aryl methyl sites for hydroxylation is 1. The van der Waals surface area contributed by atoms with Crippen molar-refractivity contribution < 1.29 is 0 Å². The van der Waals surface area contributed by atoms with Crippen molar-refractivity contribution in [3.05, 3.63) is 36.4 Å². The van der Waals surface area contributed by atoms with Crippen LogP contribution in [0.15, 0.2) is 30.7 Å². The van der Waals surface area contributed by atoms with E-state index in [-0.39, 0.29) is 0 Å². The third-order valence-electron chi connectivity index (χ3n) is 3.74. The fourth-order valence-corrected chi connectivity index (χ4v) is 2.63. The second-order valence-corrected chi connectivity index (χ2v) is 4.78. The first kappa shape index (κ1) is 10.5. The standard InChI is InChI=1S/C14H17N3/c1-3-11-4-5-12(8-11)17-7-6-13-10(2)15-9-16-14(13)17/h4-7,9,11-12H,3,8H2,1-2H3/t11-,12-/m0/s1. The lowest BCUT2D eigenvalue weighted by molar-refractivity contribution is 0.504. The molecule has 0 aliphatic heterocycles. The molecule has 0 fully saturated rings. The van der Waals surface area contributed by atoms with E-state index in [1.54, 1.807) is 6.33 Å². The maximum atomic E-state index is 4.42. The first-order valence-corrected chi connectivity index (χ1v) is 6.26. The van der Waals surface area contributed by atoms with E-state index in [2.05, 4.69) is 45.9 Å². The second kappa shape index (κ2) is 3.99. The van der Waals surface area contributed by atoms with Crippen molar-refractivity contribution in [2.75, 3.05) is 0 Å². The van der Waals surface area contributed by atoms with Gasteiger partial charge in [0, 0.05) is 11.6 Å². The smallest absolute Gasteiger partial charge is 0.144 e. The molecule has 1 aliphatic rings. The summed E-state index contributed by atoms with van der Waals surface area (Å²) in [7, 11) is 0. The van der Waals surface area contributed by atoms with Gasteiger partial charge >= 0.3 is 0 Å². The number of nitrogens with zero attached hydrogens (tertiary/aromatic N) is 3. The molecule has 2 atom stereocenters. The number of allylic oxidation sites excluding steroid dienone is 2. The van der Waals surface area contributed by atoms with Gasteiger partial charge in [-0.3, -0.25) is 0 Å². The zero-order valence-corrected chi connectivity index (χ0v) is 10.3. The summed E-state index contributed by atoms with van der Waals surface area (Å²) in [5, 5.41) is 1.17. The molecular weight excluding hydrogens is 210 g/mol. The number of rotatable bonds is 2. The van der Waals surface area contributed by atoms with Gasteiger partial charge in [-0.25, -0.2) is 9.97 Å². The summed E-state index contributed by atoms with van der Waals surface area (Å²) in [6.45, 7) is 4.28. The molecule has 0 unspecified atom stereocenters. The molecule has 0 aromatic carbocycles. The Morgan fingerprint density at radius 1 is 1.35 bits per heavy atom. The Balaban J connectivity index is 2.02. The predicted molar refractivity (Wildman–Crippen MR) is 68.8 cm³/mol. The SMILES string of the molecule is CC[C@H]1C=C[C@H](n2ccc3c(C)ncnc32)C1. The van der Waals surface area contributed by atoms with Crippen molar-refractivity contribution in [1.29, 1.82) is 0 Å². The summed E-state index contributed by atoms with van der Waals surface area (Å²) in [4.78, 5) is 8.65. The van der Waals surface area contributed by atoms with E-state index < -0.39 is 0 Å². The molecule has 0 saturated heterocycles. The van der Waals surface area contributed by atoms with Crippen LogP contribution in [0.1, 0.15) is 31.5 Å². The minimum Gasteiger partial charge on any atom is -0.325 e. The molecule has 3 rings (SSSR count). The molecule has 1 aliphatic carbocycles. The minimum atomic E-state index is 0.465. The Bertz CT molecular complexity index is 568. The molecule has 0 saturated carbocycles. The predicted octanol–water partition coefficient (Wildman–Crippen LogP) is 3.27. The average molecular weight is 227 g/mol. The van der Waals surface area contributed by atoms with Crippen LogP contribution in [0.2, 0.25) is 0 Å². The Labute approximate surface area is 101 Å².